The smallest absolute Gasteiger partial charge is 0.407 e. The maximum Gasteiger partial charge on any atom is 0.407 e. The summed E-state index contributed by atoms with van der Waals surface area (Å²) in [5.74, 6) is 0. The number of amides is 2. The van der Waals surface area contributed by atoms with E-state index in [1.165, 1.54) is 4.90 Å². The highest BCUT2D eigenvalue weighted by Crippen LogP contribution is 2.01. The molecule has 7 nitrogen and oxygen atoms in total. The first-order valence-corrected chi connectivity index (χ1v) is 7.76. The third-order valence-electron chi connectivity index (χ3n) is 3.24. The van der Waals surface area contributed by atoms with Gasteiger partial charge in [-0.1, -0.05) is 30.3 Å². The average Bonchev–Trinajstić information content (AvgIpc) is 2.56. The van der Waals surface area contributed by atoms with Crippen LogP contribution in [0.1, 0.15) is 24.8 Å². The Morgan fingerprint density at radius 2 is 1.83 bits per heavy atom. The number of rotatable bonds is 10. The van der Waals surface area contributed by atoms with Gasteiger partial charge in [0.2, 0.25) is 0 Å². The molecule has 0 aromatic heterocycles. The number of benzene rings is 1. The summed E-state index contributed by atoms with van der Waals surface area (Å²) >= 11 is 0. The van der Waals surface area contributed by atoms with E-state index in [9.17, 15) is 9.59 Å². The van der Waals surface area contributed by atoms with Crippen LogP contribution in [0.15, 0.2) is 30.3 Å². The quantitative estimate of drug-likeness (QED) is 0.571. The molecule has 1 aromatic carbocycles. The zero-order chi connectivity index (χ0) is 16.9. The molecule has 4 N–H and O–H groups in total. The SMILES string of the molecule is NCCCN(CCCCNC(=O)OCc1ccccc1)C(=O)O. The van der Waals surface area contributed by atoms with Crippen LogP contribution in [0.5, 0.6) is 0 Å². The normalized spacial score (nSPS) is 10.1. The van der Waals surface area contributed by atoms with Gasteiger partial charge in [-0.05, 0) is 31.4 Å². The summed E-state index contributed by atoms with van der Waals surface area (Å²) in [5, 5.41) is 11.7. The lowest BCUT2D eigenvalue weighted by atomic mass is 10.2. The van der Waals surface area contributed by atoms with E-state index in [2.05, 4.69) is 5.32 Å². The largest absolute Gasteiger partial charge is 0.465 e. The van der Waals surface area contributed by atoms with Crippen LogP contribution in [0.25, 0.3) is 0 Å². The van der Waals surface area contributed by atoms with Gasteiger partial charge in [-0.25, -0.2) is 9.59 Å². The number of carboxylic acid groups (broad SMARTS) is 1. The number of nitrogens with zero attached hydrogens (tertiary/aromatic N) is 1. The number of nitrogens with one attached hydrogen (secondary N) is 1. The average molecular weight is 323 g/mol. The molecule has 0 aliphatic carbocycles. The molecule has 0 radical (unpaired) electrons. The number of ether oxygens (including phenoxy) is 1. The maximum atomic E-state index is 11.5. The summed E-state index contributed by atoms with van der Waals surface area (Å²) in [7, 11) is 0. The van der Waals surface area contributed by atoms with Gasteiger partial charge >= 0.3 is 12.2 Å². The van der Waals surface area contributed by atoms with E-state index >= 15 is 0 Å². The van der Waals surface area contributed by atoms with Crippen LogP contribution in [0.4, 0.5) is 9.59 Å². The van der Waals surface area contributed by atoms with Gasteiger partial charge in [0.05, 0.1) is 0 Å². The van der Waals surface area contributed by atoms with Crippen LogP contribution in [-0.4, -0.2) is 48.4 Å². The Morgan fingerprint density at radius 3 is 2.48 bits per heavy atom. The molecule has 0 fully saturated rings. The molecule has 7 heteroatoms. The third-order valence-corrected chi connectivity index (χ3v) is 3.24. The fourth-order valence-corrected chi connectivity index (χ4v) is 1.98. The van der Waals surface area contributed by atoms with E-state index in [1.54, 1.807) is 0 Å². The first-order chi connectivity index (χ1) is 11.1. The van der Waals surface area contributed by atoms with Crippen LogP contribution >= 0.6 is 0 Å². The van der Waals surface area contributed by atoms with Crippen molar-refractivity contribution >= 4 is 12.2 Å². The zero-order valence-corrected chi connectivity index (χ0v) is 13.2. The van der Waals surface area contributed by atoms with Gasteiger partial charge in [-0.3, -0.25) is 0 Å². The van der Waals surface area contributed by atoms with Crippen LogP contribution < -0.4 is 11.1 Å². The predicted molar refractivity (Wildman–Crippen MR) is 87.1 cm³/mol. The van der Waals surface area contributed by atoms with Gasteiger partial charge in [-0.15, -0.1) is 0 Å². The first-order valence-electron chi connectivity index (χ1n) is 7.76. The monoisotopic (exact) mass is 323 g/mol. The Balaban J connectivity index is 2.09. The van der Waals surface area contributed by atoms with Crippen molar-refractivity contribution in [3.8, 4) is 0 Å². The summed E-state index contributed by atoms with van der Waals surface area (Å²) in [5.41, 5.74) is 6.31. The van der Waals surface area contributed by atoms with Gasteiger partial charge < -0.3 is 25.8 Å². The maximum absolute atomic E-state index is 11.5. The molecule has 0 bridgehead atoms. The van der Waals surface area contributed by atoms with Crippen molar-refractivity contribution in [2.24, 2.45) is 5.73 Å². The lowest BCUT2D eigenvalue weighted by Gasteiger charge is -2.18. The van der Waals surface area contributed by atoms with Crippen molar-refractivity contribution in [2.45, 2.75) is 25.9 Å². The number of unbranched alkanes of at least 4 members (excludes halogenated alkanes) is 1. The fourth-order valence-electron chi connectivity index (χ4n) is 1.98. The summed E-state index contributed by atoms with van der Waals surface area (Å²) in [6.45, 7) is 2.05. The molecule has 0 aliphatic heterocycles. The van der Waals surface area contributed by atoms with Crippen LogP contribution in [-0.2, 0) is 11.3 Å². The number of alkyl carbamates (subject to hydrolysis) is 1. The van der Waals surface area contributed by atoms with Crippen LogP contribution in [0, 0.1) is 0 Å². The molecule has 128 valence electrons. The van der Waals surface area contributed by atoms with Crippen LogP contribution in [0.2, 0.25) is 0 Å². The molecule has 0 atom stereocenters. The standard InChI is InChI=1S/C16H25N3O4/c17-9-6-12-19(16(21)22)11-5-4-10-18-15(20)23-13-14-7-2-1-3-8-14/h1-3,7-8H,4-6,9-13,17H2,(H,18,20)(H,21,22). The zero-order valence-electron chi connectivity index (χ0n) is 13.2. The molecule has 0 saturated carbocycles. The predicted octanol–water partition coefficient (Wildman–Crippen LogP) is 2.02. The summed E-state index contributed by atoms with van der Waals surface area (Å²) in [6, 6.07) is 9.44. The molecule has 2 amide bonds. The number of hydrogen-bond donors (Lipinski definition) is 3. The lowest BCUT2D eigenvalue weighted by Crippen LogP contribution is -2.33. The summed E-state index contributed by atoms with van der Waals surface area (Å²) < 4.78 is 5.08. The Hall–Kier alpha value is -2.28. The van der Waals surface area contributed by atoms with Crippen molar-refractivity contribution in [1.29, 1.82) is 0 Å². The topological polar surface area (TPSA) is 105 Å². The Kier molecular flexibility index (Phi) is 9.23. The molecule has 0 saturated heterocycles. The molecule has 0 unspecified atom stereocenters. The van der Waals surface area contributed by atoms with Crippen molar-refractivity contribution in [2.75, 3.05) is 26.2 Å². The summed E-state index contributed by atoms with van der Waals surface area (Å²) in [6.07, 6.45) is 0.611. The minimum absolute atomic E-state index is 0.235. The molecule has 0 aliphatic rings. The molecule has 0 spiro atoms. The second-order valence-electron chi connectivity index (χ2n) is 5.11. The van der Waals surface area contributed by atoms with Gasteiger partial charge in [-0.2, -0.15) is 0 Å². The van der Waals surface area contributed by atoms with Gasteiger partial charge in [0.1, 0.15) is 6.61 Å². The minimum atomic E-state index is -0.936. The molecular formula is C16H25N3O4. The Bertz CT molecular complexity index is 468. The van der Waals surface area contributed by atoms with E-state index in [-0.39, 0.29) is 6.61 Å². The van der Waals surface area contributed by atoms with Gasteiger partial charge in [0.25, 0.3) is 0 Å². The number of nitrogens with two attached hydrogens (primary N) is 1. The second-order valence-corrected chi connectivity index (χ2v) is 5.11. The minimum Gasteiger partial charge on any atom is -0.465 e. The number of carbonyl (C=O) groups is 2. The van der Waals surface area contributed by atoms with Crippen molar-refractivity contribution < 1.29 is 19.4 Å². The molecule has 1 aromatic rings. The number of carbonyl (C=O) groups excluding carboxylic acids is 1. The first kappa shape index (κ1) is 18.8. The van der Waals surface area contributed by atoms with E-state index in [1.807, 2.05) is 30.3 Å². The van der Waals surface area contributed by atoms with E-state index in [0.29, 0.717) is 45.4 Å². The fraction of sp³-hybridized carbons (Fsp3) is 0.500. The van der Waals surface area contributed by atoms with Gasteiger partial charge in [0, 0.05) is 19.6 Å². The van der Waals surface area contributed by atoms with Crippen molar-refractivity contribution in [3.63, 3.8) is 0 Å². The molecule has 1 rings (SSSR count). The third kappa shape index (κ3) is 8.67. The Labute approximate surface area is 136 Å². The lowest BCUT2D eigenvalue weighted by molar-refractivity contribution is 0.137. The van der Waals surface area contributed by atoms with E-state index in [0.717, 1.165) is 5.56 Å². The molecule has 0 heterocycles. The summed E-state index contributed by atoms with van der Waals surface area (Å²) in [4.78, 5) is 23.9. The van der Waals surface area contributed by atoms with E-state index < -0.39 is 12.2 Å². The highest BCUT2D eigenvalue weighted by Gasteiger charge is 2.10. The van der Waals surface area contributed by atoms with Crippen LogP contribution in [0.3, 0.4) is 0 Å². The number of hydrogen-bond acceptors (Lipinski definition) is 4. The van der Waals surface area contributed by atoms with E-state index in [4.69, 9.17) is 15.6 Å². The Morgan fingerprint density at radius 1 is 1.13 bits per heavy atom. The molecular weight excluding hydrogens is 298 g/mol. The van der Waals surface area contributed by atoms with Gasteiger partial charge in [0.15, 0.2) is 0 Å². The highest BCUT2D eigenvalue weighted by molar-refractivity contribution is 5.67. The van der Waals surface area contributed by atoms with Crippen molar-refractivity contribution in [3.05, 3.63) is 35.9 Å². The second kappa shape index (κ2) is 11.3. The van der Waals surface area contributed by atoms with Crippen molar-refractivity contribution in [1.82, 2.24) is 10.2 Å². The highest BCUT2D eigenvalue weighted by atomic mass is 16.5. The molecule has 23 heavy (non-hydrogen) atoms.